The van der Waals surface area contributed by atoms with Crippen LogP contribution in [0, 0.1) is 11.3 Å². The van der Waals surface area contributed by atoms with E-state index < -0.39 is 0 Å². The molecule has 0 aliphatic heterocycles. The van der Waals surface area contributed by atoms with Gasteiger partial charge < -0.3 is 10.3 Å². The second kappa shape index (κ2) is 5.13. The minimum absolute atomic E-state index is 0.0107. The maximum absolute atomic E-state index is 9.04. The predicted octanol–water partition coefficient (Wildman–Crippen LogP) is 2.14. The van der Waals surface area contributed by atoms with E-state index in [1.807, 2.05) is 29.1 Å². The minimum atomic E-state index is -0.0223. The first kappa shape index (κ1) is 11.8. The molecule has 2 unspecified atom stereocenters. The highest BCUT2D eigenvalue weighted by atomic mass is 32.1. The molecule has 88 valence electrons. The first-order valence-corrected chi connectivity index (χ1v) is 6.42. The van der Waals surface area contributed by atoms with E-state index in [9.17, 15) is 0 Å². The zero-order valence-electron chi connectivity index (χ0n) is 9.58. The average molecular weight is 246 g/mol. The fourth-order valence-electron chi connectivity index (χ4n) is 1.90. The molecule has 0 bridgehead atoms. The first-order valence-electron chi connectivity index (χ1n) is 5.48. The lowest BCUT2D eigenvalue weighted by Crippen LogP contribution is -2.32. The number of aromatic nitrogens is 2. The molecule has 2 aromatic heterocycles. The van der Waals surface area contributed by atoms with Crippen molar-refractivity contribution in [1.29, 1.82) is 5.26 Å². The Morgan fingerprint density at radius 3 is 3.06 bits per heavy atom. The number of thiophene rings is 1. The molecule has 0 saturated heterocycles. The maximum Gasteiger partial charge on any atom is 0.213 e. The number of nitrogens with zero attached hydrogens (tertiary/aromatic N) is 3. The Kier molecular flexibility index (Phi) is 3.57. The summed E-state index contributed by atoms with van der Waals surface area (Å²) in [5.41, 5.74) is 7.31. The van der Waals surface area contributed by atoms with Crippen LogP contribution in [-0.4, -0.2) is 15.6 Å². The third-order valence-corrected chi connectivity index (χ3v) is 3.53. The van der Waals surface area contributed by atoms with Crippen molar-refractivity contribution in [3.05, 3.63) is 40.6 Å². The zero-order chi connectivity index (χ0) is 12.3. The van der Waals surface area contributed by atoms with E-state index in [-0.39, 0.29) is 12.1 Å². The third kappa shape index (κ3) is 2.23. The van der Waals surface area contributed by atoms with Gasteiger partial charge in [-0.15, -0.1) is 0 Å². The molecule has 0 radical (unpaired) electrons. The van der Waals surface area contributed by atoms with E-state index in [0.717, 1.165) is 12.0 Å². The van der Waals surface area contributed by atoms with Crippen molar-refractivity contribution in [2.45, 2.75) is 25.4 Å². The van der Waals surface area contributed by atoms with Gasteiger partial charge in [0.05, 0.1) is 6.04 Å². The maximum atomic E-state index is 9.04. The molecule has 2 N–H and O–H groups in total. The van der Waals surface area contributed by atoms with Crippen molar-refractivity contribution in [1.82, 2.24) is 9.55 Å². The van der Waals surface area contributed by atoms with Crippen LogP contribution in [0.3, 0.4) is 0 Å². The van der Waals surface area contributed by atoms with Gasteiger partial charge >= 0.3 is 0 Å². The molecule has 0 aromatic carbocycles. The minimum Gasteiger partial charge on any atom is -0.326 e. The van der Waals surface area contributed by atoms with E-state index in [1.54, 1.807) is 17.5 Å². The molecule has 0 amide bonds. The van der Waals surface area contributed by atoms with E-state index in [4.69, 9.17) is 11.0 Å². The lowest BCUT2D eigenvalue weighted by Gasteiger charge is -2.24. The molecule has 2 rings (SSSR count). The van der Waals surface area contributed by atoms with Gasteiger partial charge in [-0.3, -0.25) is 0 Å². The lowest BCUT2D eigenvalue weighted by molar-refractivity contribution is 0.456. The van der Waals surface area contributed by atoms with Gasteiger partial charge in [0.15, 0.2) is 0 Å². The molecule has 5 heteroatoms. The largest absolute Gasteiger partial charge is 0.326 e. The predicted molar refractivity (Wildman–Crippen MR) is 67.7 cm³/mol. The van der Waals surface area contributed by atoms with Crippen LogP contribution in [0.5, 0.6) is 0 Å². The van der Waals surface area contributed by atoms with Crippen LogP contribution in [-0.2, 0) is 0 Å². The van der Waals surface area contributed by atoms with Gasteiger partial charge in [0.25, 0.3) is 0 Å². The highest BCUT2D eigenvalue weighted by molar-refractivity contribution is 7.07. The monoisotopic (exact) mass is 246 g/mol. The van der Waals surface area contributed by atoms with Crippen LogP contribution < -0.4 is 5.73 Å². The van der Waals surface area contributed by atoms with E-state index in [2.05, 4.69) is 16.4 Å². The first-order chi connectivity index (χ1) is 8.27. The number of hydrogen-bond donors (Lipinski definition) is 1. The number of hydrogen-bond acceptors (Lipinski definition) is 4. The second-order valence-corrected chi connectivity index (χ2v) is 4.62. The second-order valence-electron chi connectivity index (χ2n) is 3.84. The molecule has 0 spiro atoms. The molecule has 0 fully saturated rings. The summed E-state index contributed by atoms with van der Waals surface area (Å²) in [6.07, 6.45) is 4.31. The molecule has 2 heterocycles. The standard InChI is InChI=1S/C12H14N4S/c1-2-10(14)12(9-3-6-17-8-9)16-5-4-15-11(16)7-13/h3-6,8,10,12H,2,14H2,1H3. The Balaban J connectivity index is 2.45. The van der Waals surface area contributed by atoms with Crippen molar-refractivity contribution in [2.24, 2.45) is 5.73 Å². The Morgan fingerprint density at radius 1 is 1.65 bits per heavy atom. The van der Waals surface area contributed by atoms with Crippen LogP contribution >= 0.6 is 11.3 Å². The third-order valence-electron chi connectivity index (χ3n) is 2.83. The Bertz CT molecular complexity index is 509. The smallest absolute Gasteiger partial charge is 0.213 e. The van der Waals surface area contributed by atoms with Crippen molar-refractivity contribution in [2.75, 3.05) is 0 Å². The SMILES string of the molecule is CCC(N)C(c1ccsc1)n1ccnc1C#N. The van der Waals surface area contributed by atoms with Gasteiger partial charge in [-0.05, 0) is 28.8 Å². The average Bonchev–Trinajstić information content (AvgIpc) is 3.00. The van der Waals surface area contributed by atoms with Gasteiger partial charge in [0.1, 0.15) is 6.07 Å². The highest BCUT2D eigenvalue weighted by Gasteiger charge is 2.22. The molecule has 0 aliphatic carbocycles. The summed E-state index contributed by atoms with van der Waals surface area (Å²) in [5, 5.41) is 13.1. The van der Waals surface area contributed by atoms with E-state index in [0.29, 0.717) is 5.82 Å². The molecule has 2 aromatic rings. The summed E-state index contributed by atoms with van der Waals surface area (Å²) >= 11 is 1.63. The van der Waals surface area contributed by atoms with Gasteiger partial charge in [0, 0.05) is 18.4 Å². The summed E-state index contributed by atoms with van der Waals surface area (Å²) in [6.45, 7) is 2.05. The molecular weight excluding hydrogens is 232 g/mol. The molecule has 0 aliphatic rings. The molecule has 17 heavy (non-hydrogen) atoms. The van der Waals surface area contributed by atoms with E-state index >= 15 is 0 Å². The molecule has 2 atom stereocenters. The number of rotatable bonds is 4. The fraction of sp³-hybridized carbons (Fsp3) is 0.333. The van der Waals surface area contributed by atoms with Gasteiger partial charge in [-0.2, -0.15) is 16.6 Å². The molecular formula is C12H14N4S. The summed E-state index contributed by atoms with van der Waals surface area (Å²) in [6, 6.07) is 4.11. The number of nitriles is 1. The summed E-state index contributed by atoms with van der Waals surface area (Å²) in [5.74, 6) is 0.408. The summed E-state index contributed by atoms with van der Waals surface area (Å²) in [7, 11) is 0. The van der Waals surface area contributed by atoms with Gasteiger partial charge in [0.2, 0.25) is 5.82 Å². The lowest BCUT2D eigenvalue weighted by atomic mass is 10.0. The zero-order valence-corrected chi connectivity index (χ0v) is 10.4. The summed E-state index contributed by atoms with van der Waals surface area (Å²) < 4.78 is 1.86. The quantitative estimate of drug-likeness (QED) is 0.898. The highest BCUT2D eigenvalue weighted by Crippen LogP contribution is 2.25. The number of nitrogens with two attached hydrogens (primary N) is 1. The molecule has 4 nitrogen and oxygen atoms in total. The van der Waals surface area contributed by atoms with Crippen molar-refractivity contribution in [3.63, 3.8) is 0 Å². The van der Waals surface area contributed by atoms with Crippen LogP contribution in [0.2, 0.25) is 0 Å². The van der Waals surface area contributed by atoms with Crippen LogP contribution in [0.4, 0.5) is 0 Å². The Labute approximate surface area is 104 Å². The summed E-state index contributed by atoms with van der Waals surface area (Å²) in [4.78, 5) is 4.03. The normalized spacial score (nSPS) is 14.2. The Morgan fingerprint density at radius 2 is 2.47 bits per heavy atom. The Hall–Kier alpha value is -1.64. The van der Waals surface area contributed by atoms with Crippen LogP contribution in [0.15, 0.2) is 29.2 Å². The van der Waals surface area contributed by atoms with Crippen LogP contribution in [0.1, 0.15) is 30.8 Å². The fourth-order valence-corrected chi connectivity index (χ4v) is 2.59. The number of imidazole rings is 1. The topological polar surface area (TPSA) is 67.6 Å². The van der Waals surface area contributed by atoms with Crippen molar-refractivity contribution >= 4 is 11.3 Å². The van der Waals surface area contributed by atoms with Crippen molar-refractivity contribution < 1.29 is 0 Å². The van der Waals surface area contributed by atoms with Gasteiger partial charge in [-0.1, -0.05) is 6.92 Å². The van der Waals surface area contributed by atoms with E-state index in [1.165, 1.54) is 0 Å². The van der Waals surface area contributed by atoms with Gasteiger partial charge in [-0.25, -0.2) is 4.98 Å². The molecule has 0 saturated carbocycles. The van der Waals surface area contributed by atoms with Crippen LogP contribution in [0.25, 0.3) is 0 Å². The van der Waals surface area contributed by atoms with Crippen molar-refractivity contribution in [3.8, 4) is 6.07 Å².